The van der Waals surface area contributed by atoms with E-state index >= 15 is 0 Å². The zero-order chi connectivity index (χ0) is 10.1. The number of aromatic amines is 1. The summed E-state index contributed by atoms with van der Waals surface area (Å²) in [6.07, 6.45) is 2.01. The molecular formula is C9H12Cl2N2O3. The van der Waals surface area contributed by atoms with E-state index in [1.54, 1.807) is 0 Å². The third-order valence-corrected chi connectivity index (χ3v) is 2.36. The van der Waals surface area contributed by atoms with Gasteiger partial charge in [0.25, 0.3) is 0 Å². The summed E-state index contributed by atoms with van der Waals surface area (Å²) in [6, 6.07) is 0. The Hall–Kier alpha value is -1.04. The Labute approximate surface area is 104 Å². The number of H-pyrrole nitrogens is 1. The summed E-state index contributed by atoms with van der Waals surface area (Å²) in [5.41, 5.74) is 0.834. The van der Waals surface area contributed by atoms with E-state index in [-0.39, 0.29) is 35.8 Å². The standard InChI is InChI=1S/C9H10N2O3.2ClH/c12-8-5-3-10-2-1-7(5)11-4-6(8)9(13)14;;/h4,10H,1-3H2,(H,11,12)(H,13,14);2*1H. The molecule has 7 heteroatoms. The van der Waals surface area contributed by atoms with E-state index in [2.05, 4.69) is 10.3 Å². The number of hydrogen-bond donors (Lipinski definition) is 3. The number of carboxylic acids is 1. The van der Waals surface area contributed by atoms with Crippen molar-refractivity contribution in [3.05, 3.63) is 33.2 Å². The van der Waals surface area contributed by atoms with Crippen molar-refractivity contribution < 1.29 is 9.90 Å². The van der Waals surface area contributed by atoms with Gasteiger partial charge in [0, 0.05) is 37.0 Å². The van der Waals surface area contributed by atoms with E-state index in [1.807, 2.05) is 0 Å². The number of carboxylic acid groups (broad SMARTS) is 1. The minimum atomic E-state index is -1.18. The number of aromatic nitrogens is 1. The number of halogens is 2. The van der Waals surface area contributed by atoms with Gasteiger partial charge in [-0.3, -0.25) is 4.79 Å². The SMILES string of the molecule is Cl.Cl.O=C(O)c1c[nH]c2c(c1=O)CNCC2. The van der Waals surface area contributed by atoms with Crippen molar-refractivity contribution in [3.8, 4) is 0 Å². The number of nitrogens with one attached hydrogen (secondary N) is 2. The number of fused-ring (bicyclic) bond motifs is 1. The molecule has 90 valence electrons. The van der Waals surface area contributed by atoms with Crippen molar-refractivity contribution in [2.45, 2.75) is 13.0 Å². The van der Waals surface area contributed by atoms with E-state index < -0.39 is 5.97 Å². The topological polar surface area (TPSA) is 82.2 Å². The highest BCUT2D eigenvalue weighted by Crippen LogP contribution is 2.07. The monoisotopic (exact) mass is 266 g/mol. The average molecular weight is 267 g/mol. The zero-order valence-corrected chi connectivity index (χ0v) is 9.91. The van der Waals surface area contributed by atoms with Gasteiger partial charge >= 0.3 is 5.97 Å². The Morgan fingerprint density at radius 2 is 2.06 bits per heavy atom. The average Bonchev–Trinajstić information content (AvgIpc) is 2.18. The third-order valence-electron chi connectivity index (χ3n) is 2.36. The first-order chi connectivity index (χ1) is 6.70. The largest absolute Gasteiger partial charge is 0.477 e. The third kappa shape index (κ3) is 2.55. The molecule has 1 aromatic rings. The molecule has 16 heavy (non-hydrogen) atoms. The molecule has 1 aliphatic rings. The summed E-state index contributed by atoms with van der Waals surface area (Å²) >= 11 is 0. The minimum absolute atomic E-state index is 0. The predicted molar refractivity (Wildman–Crippen MR) is 63.9 cm³/mol. The number of carbonyl (C=O) groups is 1. The van der Waals surface area contributed by atoms with E-state index in [0.717, 1.165) is 18.7 Å². The van der Waals surface area contributed by atoms with Gasteiger partial charge in [0.2, 0.25) is 5.43 Å². The van der Waals surface area contributed by atoms with Crippen LogP contribution in [0.3, 0.4) is 0 Å². The summed E-state index contributed by atoms with van der Waals surface area (Å²) < 4.78 is 0. The normalized spacial score (nSPS) is 13.0. The van der Waals surface area contributed by atoms with Crippen LogP contribution in [0.25, 0.3) is 0 Å². The van der Waals surface area contributed by atoms with E-state index in [1.165, 1.54) is 6.20 Å². The number of hydrogen-bond acceptors (Lipinski definition) is 3. The lowest BCUT2D eigenvalue weighted by Crippen LogP contribution is -2.32. The molecule has 0 spiro atoms. The minimum Gasteiger partial charge on any atom is -0.477 e. The lowest BCUT2D eigenvalue weighted by molar-refractivity contribution is 0.0695. The molecule has 0 aliphatic carbocycles. The molecule has 0 atom stereocenters. The molecule has 0 unspecified atom stereocenters. The van der Waals surface area contributed by atoms with Crippen LogP contribution >= 0.6 is 24.8 Å². The molecule has 5 nitrogen and oxygen atoms in total. The smallest absolute Gasteiger partial charge is 0.341 e. The van der Waals surface area contributed by atoms with Gasteiger partial charge in [-0.1, -0.05) is 0 Å². The molecule has 3 N–H and O–H groups in total. The van der Waals surface area contributed by atoms with E-state index in [0.29, 0.717) is 12.1 Å². The predicted octanol–water partition coefficient (Wildman–Crippen LogP) is 0.562. The highest BCUT2D eigenvalue weighted by molar-refractivity contribution is 5.87. The van der Waals surface area contributed by atoms with Gasteiger partial charge < -0.3 is 15.4 Å². The van der Waals surface area contributed by atoms with Crippen LogP contribution in [-0.2, 0) is 13.0 Å². The summed E-state index contributed by atoms with van der Waals surface area (Å²) in [4.78, 5) is 25.1. The fourth-order valence-electron chi connectivity index (χ4n) is 1.61. The number of pyridine rings is 1. The molecule has 0 bridgehead atoms. The first kappa shape index (κ1) is 15.0. The van der Waals surface area contributed by atoms with Crippen LogP contribution < -0.4 is 10.7 Å². The fraction of sp³-hybridized carbons (Fsp3) is 0.333. The highest BCUT2D eigenvalue weighted by Gasteiger charge is 2.17. The van der Waals surface area contributed by atoms with Gasteiger partial charge in [-0.15, -0.1) is 24.8 Å². The van der Waals surface area contributed by atoms with Crippen molar-refractivity contribution >= 4 is 30.8 Å². The Bertz CT molecular complexity index is 445. The molecule has 1 aliphatic heterocycles. The molecule has 2 rings (SSSR count). The van der Waals surface area contributed by atoms with Gasteiger partial charge in [-0.25, -0.2) is 4.79 Å². The Morgan fingerprint density at radius 1 is 1.38 bits per heavy atom. The van der Waals surface area contributed by atoms with Gasteiger partial charge in [0.05, 0.1) is 0 Å². The van der Waals surface area contributed by atoms with Gasteiger partial charge in [0.15, 0.2) is 0 Å². The first-order valence-electron chi connectivity index (χ1n) is 4.37. The molecule has 0 saturated heterocycles. The molecule has 0 saturated carbocycles. The van der Waals surface area contributed by atoms with Crippen LogP contribution in [0.1, 0.15) is 21.6 Å². The molecule has 1 aromatic heterocycles. The second-order valence-electron chi connectivity index (χ2n) is 3.22. The van der Waals surface area contributed by atoms with Crippen molar-refractivity contribution in [1.82, 2.24) is 10.3 Å². The van der Waals surface area contributed by atoms with Crippen molar-refractivity contribution in [2.24, 2.45) is 0 Å². The Morgan fingerprint density at radius 3 is 2.69 bits per heavy atom. The maximum absolute atomic E-state index is 11.6. The highest BCUT2D eigenvalue weighted by atomic mass is 35.5. The molecule has 0 amide bonds. The van der Waals surface area contributed by atoms with Crippen molar-refractivity contribution in [2.75, 3.05) is 6.54 Å². The molecule has 0 radical (unpaired) electrons. The summed E-state index contributed by atoms with van der Waals surface area (Å²) in [7, 11) is 0. The molecule has 2 heterocycles. The molecule has 0 fully saturated rings. The van der Waals surface area contributed by atoms with Gasteiger partial charge in [0.1, 0.15) is 5.56 Å². The lowest BCUT2D eigenvalue weighted by atomic mass is 10.0. The summed E-state index contributed by atoms with van der Waals surface area (Å²) in [5.74, 6) is -1.18. The first-order valence-corrected chi connectivity index (χ1v) is 4.37. The number of rotatable bonds is 1. The molecular weight excluding hydrogens is 255 g/mol. The Balaban J connectivity index is 0.00000112. The zero-order valence-electron chi connectivity index (χ0n) is 8.28. The van der Waals surface area contributed by atoms with Crippen LogP contribution in [0, 0.1) is 0 Å². The fourth-order valence-corrected chi connectivity index (χ4v) is 1.61. The van der Waals surface area contributed by atoms with Crippen molar-refractivity contribution in [3.63, 3.8) is 0 Å². The second-order valence-corrected chi connectivity index (χ2v) is 3.22. The van der Waals surface area contributed by atoms with E-state index in [9.17, 15) is 9.59 Å². The Kier molecular flexibility index (Phi) is 5.50. The van der Waals surface area contributed by atoms with Crippen LogP contribution in [0.2, 0.25) is 0 Å². The second kappa shape index (κ2) is 5.89. The van der Waals surface area contributed by atoms with Gasteiger partial charge in [-0.2, -0.15) is 0 Å². The lowest BCUT2D eigenvalue weighted by Gasteiger charge is -2.15. The van der Waals surface area contributed by atoms with Crippen LogP contribution in [-0.4, -0.2) is 22.6 Å². The van der Waals surface area contributed by atoms with Crippen molar-refractivity contribution in [1.29, 1.82) is 0 Å². The number of aromatic carboxylic acids is 1. The maximum Gasteiger partial charge on any atom is 0.341 e. The van der Waals surface area contributed by atoms with Crippen LogP contribution in [0.15, 0.2) is 11.0 Å². The summed E-state index contributed by atoms with van der Waals surface area (Å²) in [6.45, 7) is 1.27. The maximum atomic E-state index is 11.6. The van der Waals surface area contributed by atoms with Gasteiger partial charge in [-0.05, 0) is 0 Å². The van der Waals surface area contributed by atoms with Crippen LogP contribution in [0.5, 0.6) is 0 Å². The quantitative estimate of drug-likeness (QED) is 0.694. The van der Waals surface area contributed by atoms with Crippen LogP contribution in [0.4, 0.5) is 0 Å². The summed E-state index contributed by atoms with van der Waals surface area (Å²) in [5, 5.41) is 11.8. The molecule has 0 aromatic carbocycles. The van der Waals surface area contributed by atoms with E-state index in [4.69, 9.17) is 5.11 Å².